The zero-order valence-corrected chi connectivity index (χ0v) is 16.6. The third-order valence-electron chi connectivity index (χ3n) is 5.27. The Balaban J connectivity index is 1.92. The van der Waals surface area contributed by atoms with E-state index in [1.807, 2.05) is 37.3 Å². The van der Waals surface area contributed by atoms with E-state index in [9.17, 15) is 9.59 Å². The van der Waals surface area contributed by atoms with Crippen molar-refractivity contribution in [3.05, 3.63) is 41.6 Å². The van der Waals surface area contributed by atoms with Gasteiger partial charge in [-0.1, -0.05) is 44.2 Å². The standard InChI is InChI=1S/C22H30N2O3/c1-4-27-12-8-11-24-21(25)19(18-9-6-5-7-10-18)20(22(24)26)23-14-16(2)13-17(3)15-23/h5-7,9-10,16-17H,4,8,11-15H2,1-3H3. The molecule has 0 spiro atoms. The van der Waals surface area contributed by atoms with Crippen molar-refractivity contribution in [3.8, 4) is 0 Å². The van der Waals surface area contributed by atoms with Gasteiger partial charge < -0.3 is 9.64 Å². The van der Waals surface area contributed by atoms with Gasteiger partial charge in [-0.15, -0.1) is 0 Å². The number of carbonyl (C=O) groups excluding carboxylic acids is 2. The van der Waals surface area contributed by atoms with Crippen molar-refractivity contribution in [1.82, 2.24) is 9.80 Å². The SMILES string of the molecule is CCOCCCN1C(=O)C(c2ccccc2)=C(N2CC(C)CC(C)C2)C1=O. The molecule has 27 heavy (non-hydrogen) atoms. The highest BCUT2D eigenvalue weighted by Crippen LogP contribution is 2.34. The molecule has 2 amide bonds. The van der Waals surface area contributed by atoms with Crippen molar-refractivity contribution in [2.24, 2.45) is 11.8 Å². The average Bonchev–Trinajstić information content (AvgIpc) is 2.89. The van der Waals surface area contributed by atoms with E-state index in [1.165, 1.54) is 4.90 Å². The number of nitrogens with zero attached hydrogens (tertiary/aromatic N) is 2. The molecule has 1 aromatic rings. The molecule has 1 fully saturated rings. The summed E-state index contributed by atoms with van der Waals surface area (Å²) >= 11 is 0. The van der Waals surface area contributed by atoms with Crippen LogP contribution in [0.15, 0.2) is 36.0 Å². The van der Waals surface area contributed by atoms with Crippen LogP contribution in [0, 0.1) is 11.8 Å². The Hall–Kier alpha value is -2.14. The number of benzene rings is 1. The maximum atomic E-state index is 13.2. The summed E-state index contributed by atoms with van der Waals surface area (Å²) in [5, 5.41) is 0. The van der Waals surface area contributed by atoms with E-state index < -0.39 is 0 Å². The van der Waals surface area contributed by atoms with Crippen LogP contribution in [0.3, 0.4) is 0 Å². The monoisotopic (exact) mass is 370 g/mol. The van der Waals surface area contributed by atoms with Crippen LogP contribution in [-0.2, 0) is 14.3 Å². The highest BCUT2D eigenvalue weighted by molar-refractivity contribution is 6.35. The van der Waals surface area contributed by atoms with Crippen molar-refractivity contribution in [2.45, 2.75) is 33.6 Å². The Labute approximate surface area is 162 Å². The van der Waals surface area contributed by atoms with Gasteiger partial charge in [0.05, 0.1) is 5.57 Å². The van der Waals surface area contributed by atoms with E-state index >= 15 is 0 Å². The van der Waals surface area contributed by atoms with Gasteiger partial charge in [0.2, 0.25) is 0 Å². The molecule has 0 saturated carbocycles. The number of ether oxygens (including phenoxy) is 1. The van der Waals surface area contributed by atoms with Crippen LogP contribution in [0.25, 0.3) is 5.57 Å². The van der Waals surface area contributed by atoms with E-state index in [2.05, 4.69) is 18.7 Å². The topological polar surface area (TPSA) is 49.9 Å². The molecular weight excluding hydrogens is 340 g/mol. The molecule has 0 aliphatic carbocycles. The number of carbonyl (C=O) groups is 2. The number of likely N-dealkylation sites (tertiary alicyclic amines) is 1. The van der Waals surface area contributed by atoms with Crippen LogP contribution < -0.4 is 0 Å². The first-order valence-corrected chi connectivity index (χ1v) is 10.0. The van der Waals surface area contributed by atoms with E-state index in [0.717, 1.165) is 25.1 Å². The van der Waals surface area contributed by atoms with Crippen LogP contribution in [0.2, 0.25) is 0 Å². The highest BCUT2D eigenvalue weighted by atomic mass is 16.5. The normalized spacial score (nSPS) is 23.5. The van der Waals surface area contributed by atoms with Crippen LogP contribution in [0.5, 0.6) is 0 Å². The fraction of sp³-hybridized carbons (Fsp3) is 0.545. The second-order valence-electron chi connectivity index (χ2n) is 7.75. The number of piperidine rings is 1. The quantitative estimate of drug-likeness (QED) is 0.546. The molecule has 0 bridgehead atoms. The summed E-state index contributed by atoms with van der Waals surface area (Å²) in [7, 11) is 0. The molecule has 3 rings (SSSR count). The molecule has 0 aromatic heterocycles. The number of hydrogen-bond donors (Lipinski definition) is 0. The summed E-state index contributed by atoms with van der Waals surface area (Å²) < 4.78 is 5.37. The van der Waals surface area contributed by atoms with Gasteiger partial charge in [-0.2, -0.15) is 0 Å². The van der Waals surface area contributed by atoms with Gasteiger partial charge in [-0.05, 0) is 37.2 Å². The predicted octanol–water partition coefficient (Wildman–Crippen LogP) is 3.17. The van der Waals surface area contributed by atoms with Crippen LogP contribution >= 0.6 is 0 Å². The second-order valence-corrected chi connectivity index (χ2v) is 7.75. The van der Waals surface area contributed by atoms with Gasteiger partial charge in [-0.25, -0.2) is 0 Å². The molecule has 0 radical (unpaired) electrons. The fourth-order valence-corrected chi connectivity index (χ4v) is 4.24. The lowest BCUT2D eigenvalue weighted by molar-refractivity contribution is -0.137. The van der Waals surface area contributed by atoms with Crippen molar-refractivity contribution in [3.63, 3.8) is 0 Å². The van der Waals surface area contributed by atoms with Crippen LogP contribution in [-0.4, -0.2) is 54.5 Å². The smallest absolute Gasteiger partial charge is 0.277 e. The van der Waals surface area contributed by atoms with Crippen molar-refractivity contribution < 1.29 is 14.3 Å². The third-order valence-corrected chi connectivity index (χ3v) is 5.27. The van der Waals surface area contributed by atoms with Crippen LogP contribution in [0.4, 0.5) is 0 Å². The van der Waals surface area contributed by atoms with Gasteiger partial charge in [0.25, 0.3) is 11.8 Å². The Bertz CT molecular complexity index is 704. The summed E-state index contributed by atoms with van der Waals surface area (Å²) in [5.41, 5.74) is 1.96. The number of amides is 2. The highest BCUT2D eigenvalue weighted by Gasteiger charge is 2.42. The minimum absolute atomic E-state index is 0.156. The van der Waals surface area contributed by atoms with Crippen molar-refractivity contribution in [1.29, 1.82) is 0 Å². The molecule has 146 valence electrons. The van der Waals surface area contributed by atoms with E-state index in [0.29, 0.717) is 49.3 Å². The van der Waals surface area contributed by atoms with Crippen molar-refractivity contribution >= 4 is 17.4 Å². The molecule has 2 aliphatic rings. The predicted molar refractivity (Wildman–Crippen MR) is 106 cm³/mol. The lowest BCUT2D eigenvalue weighted by atomic mass is 9.91. The fourth-order valence-electron chi connectivity index (χ4n) is 4.24. The second kappa shape index (κ2) is 8.70. The largest absolute Gasteiger partial charge is 0.382 e. The lowest BCUT2D eigenvalue weighted by Gasteiger charge is -2.37. The molecule has 1 aromatic carbocycles. The Kier molecular flexibility index (Phi) is 6.32. The van der Waals surface area contributed by atoms with Gasteiger partial charge >= 0.3 is 0 Å². The Morgan fingerprint density at radius 2 is 1.70 bits per heavy atom. The number of imide groups is 1. The molecule has 2 unspecified atom stereocenters. The molecule has 5 heteroatoms. The zero-order valence-electron chi connectivity index (χ0n) is 16.6. The molecular formula is C22H30N2O3. The van der Waals surface area contributed by atoms with Gasteiger partial charge in [-0.3, -0.25) is 14.5 Å². The lowest BCUT2D eigenvalue weighted by Crippen LogP contribution is -2.42. The number of hydrogen-bond acceptors (Lipinski definition) is 4. The van der Waals surface area contributed by atoms with E-state index in [1.54, 1.807) is 0 Å². The summed E-state index contributed by atoms with van der Waals surface area (Å²) in [6, 6.07) is 9.59. The van der Waals surface area contributed by atoms with Gasteiger partial charge in [0.15, 0.2) is 0 Å². The summed E-state index contributed by atoms with van der Waals surface area (Å²) in [5.74, 6) is 0.682. The minimum atomic E-state index is -0.177. The summed E-state index contributed by atoms with van der Waals surface area (Å²) in [6.45, 7) is 9.61. The van der Waals surface area contributed by atoms with E-state index in [-0.39, 0.29) is 11.8 Å². The molecule has 2 atom stereocenters. The Morgan fingerprint density at radius 1 is 1.04 bits per heavy atom. The van der Waals surface area contributed by atoms with Gasteiger partial charge in [0.1, 0.15) is 5.70 Å². The van der Waals surface area contributed by atoms with Gasteiger partial charge in [0, 0.05) is 32.8 Å². The first-order chi connectivity index (χ1) is 13.0. The zero-order chi connectivity index (χ0) is 19.4. The third kappa shape index (κ3) is 4.24. The average molecular weight is 370 g/mol. The maximum absolute atomic E-state index is 13.2. The van der Waals surface area contributed by atoms with Crippen molar-refractivity contribution in [2.75, 3.05) is 32.8 Å². The first kappa shape index (κ1) is 19.6. The molecule has 0 N–H and O–H groups in total. The number of rotatable bonds is 7. The first-order valence-electron chi connectivity index (χ1n) is 10.0. The van der Waals surface area contributed by atoms with Crippen LogP contribution in [0.1, 0.15) is 39.2 Å². The summed E-state index contributed by atoms with van der Waals surface area (Å²) in [4.78, 5) is 30.0. The molecule has 2 aliphatic heterocycles. The molecule has 2 heterocycles. The summed E-state index contributed by atoms with van der Waals surface area (Å²) in [6.07, 6.45) is 1.82. The maximum Gasteiger partial charge on any atom is 0.277 e. The Morgan fingerprint density at radius 3 is 2.33 bits per heavy atom. The van der Waals surface area contributed by atoms with E-state index in [4.69, 9.17) is 4.74 Å². The molecule has 5 nitrogen and oxygen atoms in total. The molecule has 1 saturated heterocycles. The minimum Gasteiger partial charge on any atom is -0.382 e.